The fraction of sp³-hybridized carbons (Fsp3) is 0.176. The van der Waals surface area contributed by atoms with Gasteiger partial charge in [-0.15, -0.1) is 0 Å². The van der Waals surface area contributed by atoms with Gasteiger partial charge in [-0.25, -0.2) is 9.37 Å². The zero-order chi connectivity index (χ0) is 14.8. The smallest absolute Gasteiger partial charge is 0.163 e. The number of aromatic nitrogens is 2. The lowest BCUT2D eigenvalue weighted by Gasteiger charge is -2.06. The Morgan fingerprint density at radius 1 is 1.19 bits per heavy atom. The van der Waals surface area contributed by atoms with Crippen molar-refractivity contribution < 1.29 is 9.18 Å². The van der Waals surface area contributed by atoms with Crippen LogP contribution in [-0.2, 0) is 6.42 Å². The number of aromatic amines is 1. The molecule has 4 heteroatoms. The number of imidazole rings is 1. The van der Waals surface area contributed by atoms with Crippen molar-refractivity contribution in [3.05, 3.63) is 65.5 Å². The average molecular weight is 282 g/mol. The standard InChI is InChI=1S/C17H15FN2O/c1-11-16(20-10-19-11)8-9-17(21)14-6-2-5-13-12(14)4-3-7-15(13)18/h2-7,10H,8-9H2,1H3,(H,19,20). The minimum atomic E-state index is -0.301. The Bertz CT molecular complexity index is 807. The molecule has 0 unspecified atom stereocenters. The van der Waals surface area contributed by atoms with Crippen molar-refractivity contribution in [1.29, 1.82) is 0 Å². The summed E-state index contributed by atoms with van der Waals surface area (Å²) < 4.78 is 13.8. The first kappa shape index (κ1) is 13.5. The molecular weight excluding hydrogens is 267 g/mol. The van der Waals surface area contributed by atoms with Crippen LogP contribution >= 0.6 is 0 Å². The van der Waals surface area contributed by atoms with Crippen molar-refractivity contribution in [2.75, 3.05) is 0 Å². The lowest BCUT2D eigenvalue weighted by Crippen LogP contribution is -2.03. The van der Waals surface area contributed by atoms with Crippen molar-refractivity contribution in [3.8, 4) is 0 Å². The van der Waals surface area contributed by atoms with E-state index >= 15 is 0 Å². The largest absolute Gasteiger partial charge is 0.348 e. The number of H-pyrrole nitrogens is 1. The van der Waals surface area contributed by atoms with Crippen LogP contribution in [0.3, 0.4) is 0 Å². The van der Waals surface area contributed by atoms with Crippen molar-refractivity contribution in [2.45, 2.75) is 19.8 Å². The highest BCUT2D eigenvalue weighted by atomic mass is 19.1. The van der Waals surface area contributed by atoms with Crippen LogP contribution in [0.2, 0.25) is 0 Å². The first-order valence-corrected chi connectivity index (χ1v) is 6.86. The predicted octanol–water partition coefficient (Wildman–Crippen LogP) is 3.83. The third-order valence-corrected chi connectivity index (χ3v) is 3.69. The summed E-state index contributed by atoms with van der Waals surface area (Å²) in [7, 11) is 0. The number of fused-ring (bicyclic) bond motifs is 1. The molecule has 1 heterocycles. The zero-order valence-electron chi connectivity index (χ0n) is 11.7. The van der Waals surface area contributed by atoms with E-state index in [1.807, 2.05) is 6.92 Å². The van der Waals surface area contributed by atoms with Gasteiger partial charge in [-0.2, -0.15) is 0 Å². The first-order valence-electron chi connectivity index (χ1n) is 6.86. The predicted molar refractivity (Wildman–Crippen MR) is 79.9 cm³/mol. The number of rotatable bonds is 4. The number of nitrogens with one attached hydrogen (secondary N) is 1. The van der Waals surface area contributed by atoms with E-state index in [1.165, 1.54) is 6.07 Å². The van der Waals surface area contributed by atoms with Crippen LogP contribution in [0.1, 0.15) is 28.2 Å². The molecule has 1 N–H and O–H groups in total. The number of Topliss-reactive ketones (excluding diaryl/α,β-unsaturated/α-hetero) is 1. The van der Waals surface area contributed by atoms with Crippen molar-refractivity contribution >= 4 is 16.6 Å². The number of ketones is 1. The average Bonchev–Trinajstić information content (AvgIpc) is 2.90. The molecule has 0 radical (unpaired) electrons. The SMILES string of the molecule is Cc1[nH]cnc1CCC(=O)c1cccc2c(F)cccc12. The van der Waals surface area contributed by atoms with Crippen molar-refractivity contribution in [2.24, 2.45) is 0 Å². The number of carbonyl (C=O) groups excluding carboxylic acids is 1. The van der Waals surface area contributed by atoms with Gasteiger partial charge >= 0.3 is 0 Å². The molecule has 0 spiro atoms. The van der Waals surface area contributed by atoms with E-state index in [4.69, 9.17) is 0 Å². The lowest BCUT2D eigenvalue weighted by atomic mass is 9.98. The summed E-state index contributed by atoms with van der Waals surface area (Å²) in [5.74, 6) is -0.293. The highest BCUT2D eigenvalue weighted by Crippen LogP contribution is 2.23. The Kier molecular flexibility index (Phi) is 3.52. The molecule has 0 aliphatic heterocycles. The molecule has 3 aromatic rings. The molecule has 0 saturated carbocycles. The summed E-state index contributed by atoms with van der Waals surface area (Å²) >= 11 is 0. The van der Waals surface area contributed by atoms with E-state index in [-0.39, 0.29) is 11.6 Å². The van der Waals surface area contributed by atoms with Crippen LogP contribution in [0, 0.1) is 12.7 Å². The number of hydrogen-bond acceptors (Lipinski definition) is 2. The second-order valence-electron chi connectivity index (χ2n) is 5.04. The van der Waals surface area contributed by atoms with Crippen LogP contribution < -0.4 is 0 Å². The topological polar surface area (TPSA) is 45.8 Å². The van der Waals surface area contributed by atoms with Crippen LogP contribution in [0.4, 0.5) is 4.39 Å². The molecule has 0 aliphatic rings. The Balaban J connectivity index is 1.88. The monoisotopic (exact) mass is 282 g/mol. The molecule has 106 valence electrons. The number of carbonyl (C=O) groups is 1. The lowest BCUT2D eigenvalue weighted by molar-refractivity contribution is 0.0984. The third-order valence-electron chi connectivity index (χ3n) is 3.69. The van der Waals surface area contributed by atoms with E-state index in [9.17, 15) is 9.18 Å². The van der Waals surface area contributed by atoms with Gasteiger partial charge in [0.2, 0.25) is 0 Å². The first-order chi connectivity index (χ1) is 10.2. The van der Waals surface area contributed by atoms with Gasteiger partial charge in [-0.05, 0) is 24.8 Å². The zero-order valence-corrected chi connectivity index (χ0v) is 11.7. The van der Waals surface area contributed by atoms with Gasteiger partial charge in [0, 0.05) is 23.1 Å². The number of halogens is 1. The molecule has 2 aromatic carbocycles. The van der Waals surface area contributed by atoms with E-state index in [0.717, 1.165) is 11.4 Å². The fourth-order valence-corrected chi connectivity index (χ4v) is 2.52. The van der Waals surface area contributed by atoms with Gasteiger partial charge < -0.3 is 4.98 Å². The van der Waals surface area contributed by atoms with E-state index < -0.39 is 0 Å². The minimum Gasteiger partial charge on any atom is -0.348 e. The van der Waals surface area contributed by atoms with Gasteiger partial charge in [0.05, 0.1) is 12.0 Å². The molecule has 0 fully saturated rings. The Hall–Kier alpha value is -2.49. The fourth-order valence-electron chi connectivity index (χ4n) is 2.52. The molecule has 0 aliphatic carbocycles. The van der Waals surface area contributed by atoms with Gasteiger partial charge in [0.15, 0.2) is 5.78 Å². The van der Waals surface area contributed by atoms with Crippen molar-refractivity contribution in [1.82, 2.24) is 9.97 Å². The summed E-state index contributed by atoms with van der Waals surface area (Å²) in [6, 6.07) is 9.99. The van der Waals surface area contributed by atoms with E-state index in [2.05, 4.69) is 9.97 Å². The van der Waals surface area contributed by atoms with Gasteiger partial charge in [-0.1, -0.05) is 30.3 Å². The maximum Gasteiger partial charge on any atom is 0.163 e. The summed E-state index contributed by atoms with van der Waals surface area (Å²) in [4.78, 5) is 19.6. The third kappa shape index (κ3) is 2.57. The minimum absolute atomic E-state index is 0.00796. The van der Waals surface area contributed by atoms with E-state index in [0.29, 0.717) is 29.2 Å². The quantitative estimate of drug-likeness (QED) is 0.739. The van der Waals surface area contributed by atoms with Crippen LogP contribution in [-0.4, -0.2) is 15.8 Å². The molecule has 21 heavy (non-hydrogen) atoms. The molecule has 0 atom stereocenters. The number of aryl methyl sites for hydroxylation is 2. The highest BCUT2D eigenvalue weighted by molar-refractivity contribution is 6.08. The number of nitrogens with zero attached hydrogens (tertiary/aromatic N) is 1. The van der Waals surface area contributed by atoms with Crippen molar-refractivity contribution in [3.63, 3.8) is 0 Å². The number of hydrogen-bond donors (Lipinski definition) is 1. The second-order valence-corrected chi connectivity index (χ2v) is 5.04. The normalized spacial score (nSPS) is 11.0. The molecule has 0 bridgehead atoms. The summed E-state index contributed by atoms with van der Waals surface area (Å²) in [6.45, 7) is 1.93. The number of benzene rings is 2. The Morgan fingerprint density at radius 2 is 1.95 bits per heavy atom. The molecule has 3 nitrogen and oxygen atoms in total. The summed E-state index contributed by atoms with van der Waals surface area (Å²) in [5.41, 5.74) is 2.45. The maximum absolute atomic E-state index is 13.8. The van der Waals surface area contributed by atoms with E-state index in [1.54, 1.807) is 36.7 Å². The Morgan fingerprint density at radius 3 is 2.71 bits per heavy atom. The Labute approximate surface area is 121 Å². The molecule has 3 rings (SSSR count). The molecule has 0 amide bonds. The highest BCUT2D eigenvalue weighted by Gasteiger charge is 2.12. The molecular formula is C17H15FN2O. The molecule has 1 aromatic heterocycles. The molecule has 0 saturated heterocycles. The van der Waals surface area contributed by atoms with Gasteiger partial charge in [0.1, 0.15) is 5.82 Å². The maximum atomic E-state index is 13.8. The summed E-state index contributed by atoms with van der Waals surface area (Å²) in [6.07, 6.45) is 2.57. The summed E-state index contributed by atoms with van der Waals surface area (Å²) in [5, 5.41) is 1.15. The second kappa shape index (κ2) is 5.48. The van der Waals surface area contributed by atoms with Gasteiger partial charge in [0.25, 0.3) is 0 Å². The van der Waals surface area contributed by atoms with Crippen LogP contribution in [0.15, 0.2) is 42.7 Å². The van der Waals surface area contributed by atoms with Gasteiger partial charge in [-0.3, -0.25) is 4.79 Å². The van der Waals surface area contributed by atoms with Crippen LogP contribution in [0.25, 0.3) is 10.8 Å². The van der Waals surface area contributed by atoms with Crippen LogP contribution in [0.5, 0.6) is 0 Å².